The van der Waals surface area contributed by atoms with Crippen LogP contribution in [0.4, 0.5) is 0 Å². The van der Waals surface area contributed by atoms with E-state index in [1.54, 1.807) is 0 Å². The van der Waals surface area contributed by atoms with Crippen LogP contribution in [0.5, 0.6) is 0 Å². The van der Waals surface area contributed by atoms with E-state index in [2.05, 4.69) is 88.5 Å². The maximum Gasteiger partial charge on any atom is 0.210 e. The number of pyridine rings is 2. The summed E-state index contributed by atoms with van der Waals surface area (Å²) in [5, 5.41) is 0. The maximum absolute atomic E-state index is 2.34. The highest BCUT2D eigenvalue weighted by atomic mass is 14.9. The topological polar surface area (TPSA) is 7.76 Å². The lowest BCUT2D eigenvalue weighted by Crippen LogP contribution is -2.32. The molecule has 2 aromatic heterocycles. The van der Waals surface area contributed by atoms with Gasteiger partial charge in [-0.1, -0.05) is 29.3 Å². The van der Waals surface area contributed by atoms with Crippen LogP contribution in [0, 0.1) is 5.92 Å². The van der Waals surface area contributed by atoms with Gasteiger partial charge in [-0.3, -0.25) is 0 Å². The number of hydrogen-bond donors (Lipinski definition) is 0. The summed E-state index contributed by atoms with van der Waals surface area (Å²) in [6.45, 7) is 1.13. The van der Waals surface area contributed by atoms with Crippen LogP contribution in [-0.4, -0.2) is 0 Å². The van der Waals surface area contributed by atoms with Crippen molar-refractivity contribution < 1.29 is 9.13 Å². The smallest absolute Gasteiger partial charge is 0.205 e. The van der Waals surface area contributed by atoms with Crippen molar-refractivity contribution in [3.63, 3.8) is 0 Å². The normalized spacial score (nSPS) is 18.1. The van der Waals surface area contributed by atoms with Gasteiger partial charge >= 0.3 is 0 Å². The highest BCUT2D eigenvalue weighted by Gasteiger charge is 2.27. The lowest BCUT2D eigenvalue weighted by atomic mass is 9.93. The van der Waals surface area contributed by atoms with Crippen molar-refractivity contribution in [3.8, 4) is 16.8 Å². The molecule has 2 aliphatic carbocycles. The number of para-hydroxylation sites is 1. The van der Waals surface area contributed by atoms with Gasteiger partial charge in [-0.2, -0.15) is 4.57 Å². The number of rotatable bonds is 7. The lowest BCUT2D eigenvalue weighted by molar-refractivity contribution is -0.697. The molecule has 0 saturated carbocycles. The van der Waals surface area contributed by atoms with E-state index in [9.17, 15) is 0 Å². The summed E-state index contributed by atoms with van der Waals surface area (Å²) in [5.74, 6) is 0.923. The number of hydrogen-bond acceptors (Lipinski definition) is 0. The first kappa shape index (κ1) is 19.2. The first-order valence-electron chi connectivity index (χ1n) is 11.6. The van der Waals surface area contributed by atoms with Crippen LogP contribution in [0.3, 0.4) is 0 Å². The van der Waals surface area contributed by atoms with Crippen molar-refractivity contribution in [2.75, 3.05) is 0 Å². The Morgan fingerprint density at radius 1 is 0.733 bits per heavy atom. The average Bonchev–Trinajstić information content (AvgIpc) is 3.43. The molecule has 3 aromatic rings. The Bertz CT molecular complexity index is 1000. The van der Waals surface area contributed by atoms with Gasteiger partial charge in [-0.15, -0.1) is 0 Å². The third kappa shape index (κ3) is 4.23. The molecule has 0 aliphatic heterocycles. The molecule has 0 N–H and O–H groups in total. The highest BCUT2D eigenvalue weighted by Crippen LogP contribution is 2.44. The Morgan fingerprint density at radius 3 is 2.23 bits per heavy atom. The number of unbranched alkanes of at least 4 members (excludes halogenated alkanes) is 1. The number of aromatic nitrogens is 2. The van der Waals surface area contributed by atoms with Gasteiger partial charge in [-0.05, 0) is 62.0 Å². The molecule has 2 heterocycles. The zero-order chi connectivity index (χ0) is 20.2. The van der Waals surface area contributed by atoms with Crippen molar-refractivity contribution >= 4 is 0 Å². The molecule has 1 aromatic carbocycles. The van der Waals surface area contributed by atoms with E-state index in [0.29, 0.717) is 0 Å². The molecule has 2 heteroatoms. The van der Waals surface area contributed by atoms with E-state index in [-0.39, 0.29) is 0 Å². The summed E-state index contributed by atoms with van der Waals surface area (Å²) in [4.78, 5) is 0. The molecule has 0 fully saturated rings. The van der Waals surface area contributed by atoms with E-state index in [4.69, 9.17) is 0 Å². The molecule has 0 unspecified atom stereocenters. The fourth-order valence-electron chi connectivity index (χ4n) is 5.32. The second-order valence-electron chi connectivity index (χ2n) is 8.87. The molecular formula is C28H32N2+2. The molecule has 2 nitrogen and oxygen atoms in total. The van der Waals surface area contributed by atoms with Gasteiger partial charge in [0.2, 0.25) is 5.69 Å². The Morgan fingerprint density at radius 2 is 1.47 bits per heavy atom. The third-order valence-electron chi connectivity index (χ3n) is 6.99. The van der Waals surface area contributed by atoms with Crippen molar-refractivity contribution in [2.24, 2.45) is 5.92 Å². The lowest BCUT2D eigenvalue weighted by Gasteiger charge is -2.12. The highest BCUT2D eigenvalue weighted by molar-refractivity contribution is 5.61. The van der Waals surface area contributed by atoms with Crippen molar-refractivity contribution in [1.82, 2.24) is 0 Å². The molecule has 152 valence electrons. The number of benzene rings is 1. The standard InChI is InChI=1S/C28H32N2/c1-2-9-27(10-3-1)30-21-16-24(17-22-30)23-14-19-29(20-15-23)18-5-4-7-25-12-13-26-8-6-11-28(25)26/h1-3,9-10,14-17,19-22,25H,4-8,11-13,18H2/q+2/t25-/m0/s1. The average molecular weight is 397 g/mol. The SMILES string of the molecule is c1ccc(-[n+]2ccc(-c3cc[n+](CCCC[C@H]4CCC5=C4CCC5)cc3)cc2)cc1. The number of aryl methyl sites for hydroxylation is 1. The monoisotopic (exact) mass is 396 g/mol. The summed E-state index contributed by atoms with van der Waals surface area (Å²) in [6, 6.07) is 19.3. The Balaban J connectivity index is 1.13. The van der Waals surface area contributed by atoms with Gasteiger partial charge in [0.15, 0.2) is 24.8 Å². The first-order valence-corrected chi connectivity index (χ1v) is 11.6. The van der Waals surface area contributed by atoms with Gasteiger partial charge < -0.3 is 0 Å². The van der Waals surface area contributed by atoms with Crippen LogP contribution < -0.4 is 9.13 Å². The van der Waals surface area contributed by atoms with Crippen molar-refractivity contribution in [3.05, 3.63) is 90.5 Å². The van der Waals surface area contributed by atoms with Gasteiger partial charge in [-0.25, -0.2) is 4.57 Å². The largest absolute Gasteiger partial charge is 0.210 e. The third-order valence-corrected chi connectivity index (χ3v) is 6.99. The molecule has 0 saturated heterocycles. The van der Waals surface area contributed by atoms with Crippen LogP contribution in [-0.2, 0) is 6.54 Å². The van der Waals surface area contributed by atoms with Crippen LogP contribution in [0.2, 0.25) is 0 Å². The summed E-state index contributed by atoms with van der Waals surface area (Å²) in [5.41, 5.74) is 7.42. The quantitative estimate of drug-likeness (QED) is 0.264. The van der Waals surface area contributed by atoms with Gasteiger partial charge in [0, 0.05) is 42.8 Å². The predicted molar refractivity (Wildman–Crippen MR) is 121 cm³/mol. The van der Waals surface area contributed by atoms with E-state index < -0.39 is 0 Å². The van der Waals surface area contributed by atoms with Crippen LogP contribution in [0.25, 0.3) is 16.8 Å². The summed E-state index contributed by atoms with van der Waals surface area (Å²) in [7, 11) is 0. The minimum Gasteiger partial charge on any atom is -0.205 e. The molecule has 0 bridgehead atoms. The van der Waals surface area contributed by atoms with Crippen LogP contribution in [0.1, 0.15) is 51.4 Å². The Labute approximate surface area is 180 Å². The first-order chi connectivity index (χ1) is 14.9. The predicted octanol–water partition coefficient (Wildman–Crippen LogP) is 5.98. The Hall–Kier alpha value is -2.74. The molecular weight excluding hydrogens is 364 g/mol. The molecule has 0 spiro atoms. The van der Waals surface area contributed by atoms with Gasteiger partial charge in [0.1, 0.15) is 6.54 Å². The summed E-state index contributed by atoms with van der Waals surface area (Å²) in [6.07, 6.45) is 19.9. The zero-order valence-corrected chi connectivity index (χ0v) is 17.8. The zero-order valence-electron chi connectivity index (χ0n) is 17.8. The van der Waals surface area contributed by atoms with E-state index in [1.807, 2.05) is 11.1 Å². The van der Waals surface area contributed by atoms with E-state index >= 15 is 0 Å². The van der Waals surface area contributed by atoms with Crippen molar-refractivity contribution in [2.45, 2.75) is 57.9 Å². The minimum absolute atomic E-state index is 0.923. The molecule has 0 radical (unpaired) electrons. The fraction of sp³-hybridized carbons (Fsp3) is 0.357. The fourth-order valence-corrected chi connectivity index (χ4v) is 5.32. The van der Waals surface area contributed by atoms with E-state index in [0.717, 1.165) is 12.5 Å². The molecule has 1 atom stereocenters. The minimum atomic E-state index is 0.923. The second kappa shape index (κ2) is 8.95. The Kier molecular flexibility index (Phi) is 5.74. The summed E-state index contributed by atoms with van der Waals surface area (Å²) < 4.78 is 4.49. The molecule has 5 rings (SSSR count). The van der Waals surface area contributed by atoms with Gasteiger partial charge in [0.05, 0.1) is 0 Å². The van der Waals surface area contributed by atoms with E-state index in [1.165, 1.54) is 68.2 Å². The van der Waals surface area contributed by atoms with Crippen LogP contribution >= 0.6 is 0 Å². The maximum atomic E-state index is 2.34. The second-order valence-corrected chi connectivity index (χ2v) is 8.87. The number of nitrogens with zero attached hydrogens (tertiary/aromatic N) is 2. The van der Waals surface area contributed by atoms with Gasteiger partial charge in [0.25, 0.3) is 0 Å². The van der Waals surface area contributed by atoms with Crippen LogP contribution in [0.15, 0.2) is 90.5 Å². The van der Waals surface area contributed by atoms with Crippen molar-refractivity contribution in [1.29, 1.82) is 0 Å². The molecule has 2 aliphatic rings. The molecule has 30 heavy (non-hydrogen) atoms. The molecule has 0 amide bonds. The summed E-state index contributed by atoms with van der Waals surface area (Å²) >= 11 is 0. The number of allylic oxidation sites excluding steroid dienone is 2.